The average molecular weight is 504 g/mol. The first-order valence-electron chi connectivity index (χ1n) is 11.8. The summed E-state index contributed by atoms with van der Waals surface area (Å²) >= 11 is 1.60. The molecule has 3 aromatic rings. The summed E-state index contributed by atoms with van der Waals surface area (Å²) in [6, 6.07) is 24.3. The number of nitrogens with zero attached hydrogens (tertiary/aromatic N) is 1. The summed E-state index contributed by atoms with van der Waals surface area (Å²) in [5.74, 6) is -0.0139. The summed E-state index contributed by atoms with van der Waals surface area (Å²) in [5, 5.41) is 5.54. The Hall–Kier alpha value is -3.62. The van der Waals surface area contributed by atoms with Crippen molar-refractivity contribution >= 4 is 35.2 Å². The SMILES string of the molecule is COCCNC(=O)c1ccccc1NC(=O)c1ccc([C@@H]2SCC(=O)N2CCc2ccccc2)cc1. The summed E-state index contributed by atoms with van der Waals surface area (Å²) in [7, 11) is 1.57. The van der Waals surface area contributed by atoms with Crippen LogP contribution in [0.3, 0.4) is 0 Å². The standard InChI is InChI=1S/C28H29N3O4S/c1-35-18-16-29-27(34)23-9-5-6-10-24(23)30-26(33)21-11-13-22(14-12-21)28-31(25(32)19-36-28)17-15-20-7-3-2-4-8-20/h2-14,28H,15-19H2,1H3,(H,29,34)(H,30,33)/t28-/m0/s1. The van der Waals surface area contributed by atoms with Gasteiger partial charge in [-0.15, -0.1) is 11.8 Å². The van der Waals surface area contributed by atoms with E-state index >= 15 is 0 Å². The molecule has 36 heavy (non-hydrogen) atoms. The molecule has 0 radical (unpaired) electrons. The van der Waals surface area contributed by atoms with Crippen LogP contribution in [0.1, 0.15) is 37.2 Å². The number of carbonyl (C=O) groups excluding carboxylic acids is 3. The lowest BCUT2D eigenvalue weighted by Gasteiger charge is -2.24. The van der Waals surface area contributed by atoms with Crippen LogP contribution in [-0.4, -0.2) is 55.2 Å². The minimum Gasteiger partial charge on any atom is -0.383 e. The van der Waals surface area contributed by atoms with E-state index in [1.54, 1.807) is 55.3 Å². The fourth-order valence-corrected chi connectivity index (χ4v) is 5.23. The van der Waals surface area contributed by atoms with Gasteiger partial charge in [-0.1, -0.05) is 54.6 Å². The van der Waals surface area contributed by atoms with Crippen molar-refractivity contribution in [3.63, 3.8) is 0 Å². The maximum atomic E-state index is 12.9. The lowest BCUT2D eigenvalue weighted by Crippen LogP contribution is -2.30. The van der Waals surface area contributed by atoms with Gasteiger partial charge in [0.2, 0.25) is 5.91 Å². The van der Waals surface area contributed by atoms with E-state index in [-0.39, 0.29) is 23.1 Å². The van der Waals surface area contributed by atoms with Crippen molar-refractivity contribution in [3.8, 4) is 0 Å². The first-order chi connectivity index (χ1) is 17.6. The first-order valence-corrected chi connectivity index (χ1v) is 12.8. The normalized spacial score (nSPS) is 15.1. The van der Waals surface area contributed by atoms with Crippen molar-refractivity contribution in [2.75, 3.05) is 37.9 Å². The molecule has 1 heterocycles. The molecule has 3 amide bonds. The zero-order valence-electron chi connectivity index (χ0n) is 20.1. The Labute approximate surface area is 215 Å². The third-order valence-corrected chi connectivity index (χ3v) is 7.18. The molecule has 0 aromatic heterocycles. The molecule has 1 atom stereocenters. The smallest absolute Gasteiger partial charge is 0.255 e. The van der Waals surface area contributed by atoms with E-state index < -0.39 is 0 Å². The zero-order chi connectivity index (χ0) is 25.3. The van der Waals surface area contributed by atoms with Crippen molar-refractivity contribution in [2.24, 2.45) is 0 Å². The second-order valence-corrected chi connectivity index (χ2v) is 9.43. The third-order valence-electron chi connectivity index (χ3n) is 5.92. The van der Waals surface area contributed by atoms with Gasteiger partial charge in [-0.3, -0.25) is 14.4 Å². The number of ether oxygens (including phenoxy) is 1. The highest BCUT2D eigenvalue weighted by Gasteiger charge is 2.32. The number of hydrogen-bond donors (Lipinski definition) is 2. The number of amides is 3. The molecule has 3 aromatic carbocycles. The van der Waals surface area contributed by atoms with Gasteiger partial charge in [-0.2, -0.15) is 0 Å². The molecule has 2 N–H and O–H groups in total. The highest BCUT2D eigenvalue weighted by Crippen LogP contribution is 2.38. The fraction of sp³-hybridized carbons (Fsp3) is 0.250. The van der Waals surface area contributed by atoms with E-state index in [4.69, 9.17) is 4.74 Å². The maximum Gasteiger partial charge on any atom is 0.255 e. The topological polar surface area (TPSA) is 87.7 Å². The van der Waals surface area contributed by atoms with E-state index in [1.807, 2.05) is 35.2 Å². The molecule has 4 rings (SSSR count). The van der Waals surface area contributed by atoms with Gasteiger partial charge in [-0.25, -0.2) is 0 Å². The predicted octanol–water partition coefficient (Wildman–Crippen LogP) is 4.13. The van der Waals surface area contributed by atoms with E-state index in [9.17, 15) is 14.4 Å². The first kappa shape index (κ1) is 25.5. The third kappa shape index (κ3) is 6.33. The summed E-state index contributed by atoms with van der Waals surface area (Å²) < 4.78 is 4.97. The molecule has 186 valence electrons. The molecule has 8 heteroatoms. The number of benzene rings is 3. The molecule has 0 spiro atoms. The van der Waals surface area contributed by atoms with Gasteiger partial charge in [0.15, 0.2) is 0 Å². The number of hydrogen-bond acceptors (Lipinski definition) is 5. The molecule has 0 bridgehead atoms. The monoisotopic (exact) mass is 503 g/mol. The number of anilines is 1. The van der Waals surface area contributed by atoms with Gasteiger partial charge >= 0.3 is 0 Å². The molecule has 1 aliphatic heterocycles. The highest BCUT2D eigenvalue weighted by molar-refractivity contribution is 8.00. The van der Waals surface area contributed by atoms with Crippen LogP contribution in [0.4, 0.5) is 5.69 Å². The number of thioether (sulfide) groups is 1. The Morgan fingerprint density at radius 3 is 2.44 bits per heavy atom. The average Bonchev–Trinajstić information content (AvgIpc) is 3.28. The van der Waals surface area contributed by atoms with Gasteiger partial charge in [0, 0.05) is 25.8 Å². The van der Waals surface area contributed by atoms with Crippen LogP contribution in [0.15, 0.2) is 78.9 Å². The number of rotatable bonds is 10. The summed E-state index contributed by atoms with van der Waals surface area (Å²) in [5.41, 5.74) is 3.46. The molecule has 7 nitrogen and oxygen atoms in total. The van der Waals surface area contributed by atoms with Gasteiger partial charge < -0.3 is 20.3 Å². The molecule has 0 aliphatic carbocycles. The lowest BCUT2D eigenvalue weighted by molar-refractivity contribution is -0.128. The molecule has 1 saturated heterocycles. The van der Waals surface area contributed by atoms with Gasteiger partial charge in [0.25, 0.3) is 11.8 Å². The Kier molecular flexibility index (Phi) is 8.76. The van der Waals surface area contributed by atoms with Crippen molar-refractivity contribution in [3.05, 3.63) is 101 Å². The van der Waals surface area contributed by atoms with E-state index in [2.05, 4.69) is 22.8 Å². The Balaban J connectivity index is 1.41. The Morgan fingerprint density at radius 1 is 0.972 bits per heavy atom. The fourth-order valence-electron chi connectivity index (χ4n) is 4.01. The zero-order valence-corrected chi connectivity index (χ0v) is 20.9. The van der Waals surface area contributed by atoms with Crippen LogP contribution >= 0.6 is 11.8 Å². The number of carbonyl (C=O) groups is 3. The van der Waals surface area contributed by atoms with Crippen LogP contribution in [-0.2, 0) is 16.0 Å². The number of nitrogens with one attached hydrogen (secondary N) is 2. The Morgan fingerprint density at radius 2 is 1.69 bits per heavy atom. The maximum absolute atomic E-state index is 12.9. The molecule has 0 saturated carbocycles. The van der Waals surface area contributed by atoms with E-state index in [1.165, 1.54) is 5.56 Å². The van der Waals surface area contributed by atoms with Crippen LogP contribution in [0, 0.1) is 0 Å². The summed E-state index contributed by atoms with van der Waals surface area (Å²) in [6.07, 6.45) is 0.794. The second kappa shape index (κ2) is 12.4. The summed E-state index contributed by atoms with van der Waals surface area (Å²) in [4.78, 5) is 39.9. The molecular weight excluding hydrogens is 474 g/mol. The van der Waals surface area contributed by atoms with Gasteiger partial charge in [0.05, 0.1) is 23.6 Å². The van der Waals surface area contributed by atoms with E-state index in [0.29, 0.717) is 42.3 Å². The second-order valence-electron chi connectivity index (χ2n) is 8.36. The summed E-state index contributed by atoms with van der Waals surface area (Å²) in [6.45, 7) is 1.43. The van der Waals surface area contributed by atoms with Crippen molar-refractivity contribution < 1.29 is 19.1 Å². The van der Waals surface area contributed by atoms with Crippen LogP contribution in [0.25, 0.3) is 0 Å². The van der Waals surface area contributed by atoms with Crippen molar-refractivity contribution in [1.29, 1.82) is 0 Å². The minimum atomic E-state index is -0.310. The van der Waals surface area contributed by atoms with E-state index in [0.717, 1.165) is 12.0 Å². The van der Waals surface area contributed by atoms with Gasteiger partial charge in [0.1, 0.15) is 5.37 Å². The highest BCUT2D eigenvalue weighted by atomic mass is 32.2. The number of methoxy groups -OCH3 is 1. The van der Waals surface area contributed by atoms with Crippen molar-refractivity contribution in [1.82, 2.24) is 10.2 Å². The van der Waals surface area contributed by atoms with Crippen molar-refractivity contribution in [2.45, 2.75) is 11.8 Å². The lowest BCUT2D eigenvalue weighted by atomic mass is 10.1. The van der Waals surface area contributed by atoms with Crippen LogP contribution in [0.5, 0.6) is 0 Å². The molecule has 1 aliphatic rings. The van der Waals surface area contributed by atoms with Crippen LogP contribution in [0.2, 0.25) is 0 Å². The van der Waals surface area contributed by atoms with Crippen LogP contribution < -0.4 is 10.6 Å². The molecule has 1 fully saturated rings. The van der Waals surface area contributed by atoms with Gasteiger partial charge in [-0.05, 0) is 41.8 Å². The quantitative estimate of drug-likeness (QED) is 0.406. The predicted molar refractivity (Wildman–Crippen MR) is 142 cm³/mol. The molecular formula is C28H29N3O4S. The largest absolute Gasteiger partial charge is 0.383 e. The Bertz CT molecular complexity index is 1200. The molecule has 0 unspecified atom stereocenters. The number of para-hydroxylation sites is 1. The minimum absolute atomic E-state index is 0.0742.